The van der Waals surface area contributed by atoms with Crippen LogP contribution in [0.5, 0.6) is 5.75 Å². The number of carbonyl (C=O) groups is 1. The minimum absolute atomic E-state index is 0.253. The number of phenolic OH excluding ortho intramolecular Hbond substituents is 1. The number of hydrogen-bond donors (Lipinski definition) is 2. The van der Waals surface area contributed by atoms with Crippen LogP contribution in [0.2, 0.25) is 0 Å². The van der Waals surface area contributed by atoms with Gasteiger partial charge in [-0.2, -0.15) is 5.10 Å². The second kappa shape index (κ2) is 10.7. The number of unbranched alkanes of at least 4 members (excludes halogenated alkanes) is 1. The van der Waals surface area contributed by atoms with Crippen LogP contribution in [0.4, 0.5) is 0 Å². The first-order chi connectivity index (χ1) is 18.0. The molecular formula is C32H40N2O3. The van der Waals surface area contributed by atoms with Crippen LogP contribution in [0.15, 0.2) is 48.5 Å². The largest absolute Gasteiger partial charge is 0.508 e. The summed E-state index contributed by atoms with van der Waals surface area (Å²) in [6, 6.07) is 16.1. The van der Waals surface area contributed by atoms with Crippen LogP contribution in [0.1, 0.15) is 95.2 Å². The summed E-state index contributed by atoms with van der Waals surface area (Å²) in [5.74, 6) is 0.231. The number of aromatic hydroxyl groups is 1. The third-order valence-corrected chi connectivity index (χ3v) is 8.97. The molecular weight excluding hydrogens is 460 g/mol. The van der Waals surface area contributed by atoms with E-state index in [2.05, 4.69) is 42.8 Å². The lowest BCUT2D eigenvalue weighted by atomic mass is 9.66. The summed E-state index contributed by atoms with van der Waals surface area (Å²) < 4.78 is 2.21. The molecule has 0 unspecified atom stereocenters. The maximum absolute atomic E-state index is 12.6. The van der Waals surface area contributed by atoms with E-state index < -0.39 is 11.4 Å². The van der Waals surface area contributed by atoms with Gasteiger partial charge in [0.2, 0.25) is 0 Å². The van der Waals surface area contributed by atoms with Gasteiger partial charge in [0.1, 0.15) is 5.75 Å². The molecule has 5 rings (SSSR count). The monoisotopic (exact) mass is 500 g/mol. The Kier molecular flexibility index (Phi) is 7.41. The zero-order valence-corrected chi connectivity index (χ0v) is 22.2. The highest BCUT2D eigenvalue weighted by Gasteiger charge is 2.43. The summed E-state index contributed by atoms with van der Waals surface area (Å²) in [6.07, 6.45) is 11.4. The third kappa shape index (κ3) is 4.81. The number of carboxylic acids is 1. The average Bonchev–Trinajstić information content (AvgIpc) is 3.26. The lowest BCUT2D eigenvalue weighted by molar-refractivity contribution is -0.145. The van der Waals surface area contributed by atoms with Crippen molar-refractivity contribution in [3.05, 3.63) is 59.7 Å². The van der Waals surface area contributed by atoms with Crippen molar-refractivity contribution >= 4 is 5.97 Å². The first-order valence-corrected chi connectivity index (χ1v) is 14.2. The van der Waals surface area contributed by atoms with Crippen LogP contribution in [-0.4, -0.2) is 26.0 Å². The molecule has 2 saturated carbocycles. The molecule has 1 heterocycles. The van der Waals surface area contributed by atoms with Crippen LogP contribution >= 0.6 is 0 Å². The summed E-state index contributed by atoms with van der Waals surface area (Å²) in [4.78, 5) is 12.6. The second-order valence-electron chi connectivity index (χ2n) is 11.2. The molecule has 5 nitrogen and oxygen atoms in total. The predicted octanol–water partition coefficient (Wildman–Crippen LogP) is 7.91. The Bertz CT molecular complexity index is 1210. The molecule has 5 heteroatoms. The number of aromatic nitrogens is 2. The van der Waals surface area contributed by atoms with Gasteiger partial charge >= 0.3 is 5.97 Å². The van der Waals surface area contributed by atoms with Gasteiger partial charge in [-0.1, -0.05) is 57.4 Å². The summed E-state index contributed by atoms with van der Waals surface area (Å²) >= 11 is 0. The van der Waals surface area contributed by atoms with Crippen LogP contribution in [0.3, 0.4) is 0 Å². The first-order valence-electron chi connectivity index (χ1n) is 14.2. The number of carboxylic acid groups (broad SMARTS) is 1. The molecule has 0 radical (unpaired) electrons. The smallest absolute Gasteiger partial charge is 0.314 e. The molecule has 2 aliphatic carbocycles. The molecule has 0 bridgehead atoms. The lowest BCUT2D eigenvalue weighted by Crippen LogP contribution is -2.39. The molecule has 0 aliphatic heterocycles. The van der Waals surface area contributed by atoms with Crippen molar-refractivity contribution in [3.8, 4) is 28.3 Å². The fourth-order valence-electron chi connectivity index (χ4n) is 6.38. The molecule has 0 saturated heterocycles. The van der Waals surface area contributed by atoms with E-state index in [0.29, 0.717) is 12.0 Å². The zero-order valence-electron chi connectivity index (χ0n) is 22.2. The topological polar surface area (TPSA) is 75.3 Å². The van der Waals surface area contributed by atoms with E-state index in [9.17, 15) is 15.0 Å². The van der Waals surface area contributed by atoms with Gasteiger partial charge in [-0.15, -0.1) is 0 Å². The molecule has 2 aliphatic rings. The van der Waals surface area contributed by atoms with Gasteiger partial charge < -0.3 is 10.2 Å². The van der Waals surface area contributed by atoms with Gasteiger partial charge in [-0.25, -0.2) is 0 Å². The van der Waals surface area contributed by atoms with Gasteiger partial charge in [0.05, 0.1) is 22.8 Å². The highest BCUT2D eigenvalue weighted by molar-refractivity contribution is 5.82. The SMILES string of the molecule is CCCCC1CCC(C(=O)O)(c2ccc(-c3c(CC)c(-c4ccc(O)cc4)nn3C3CCC3)cc2)CC1. The van der Waals surface area contributed by atoms with E-state index in [1.54, 1.807) is 12.1 Å². The Morgan fingerprint density at radius 3 is 2.16 bits per heavy atom. The minimum atomic E-state index is -0.778. The van der Waals surface area contributed by atoms with Crippen molar-refractivity contribution in [2.24, 2.45) is 5.92 Å². The first kappa shape index (κ1) is 25.6. The van der Waals surface area contributed by atoms with E-state index in [1.165, 1.54) is 31.2 Å². The Hall–Kier alpha value is -3.08. The Morgan fingerprint density at radius 1 is 0.973 bits per heavy atom. The molecule has 3 aromatic rings. The predicted molar refractivity (Wildman–Crippen MR) is 148 cm³/mol. The van der Waals surface area contributed by atoms with Crippen LogP contribution in [0, 0.1) is 5.92 Å². The Labute approximate surface area is 220 Å². The molecule has 2 N–H and O–H groups in total. The molecule has 2 fully saturated rings. The summed E-state index contributed by atoms with van der Waals surface area (Å²) in [6.45, 7) is 4.39. The number of benzene rings is 2. The van der Waals surface area contributed by atoms with E-state index in [0.717, 1.165) is 73.0 Å². The molecule has 0 atom stereocenters. The van der Waals surface area contributed by atoms with Crippen LogP contribution in [-0.2, 0) is 16.6 Å². The number of phenols is 1. The summed E-state index contributed by atoms with van der Waals surface area (Å²) in [5, 5.41) is 25.2. The van der Waals surface area contributed by atoms with Gasteiger partial charge in [0.15, 0.2) is 0 Å². The van der Waals surface area contributed by atoms with Crippen LogP contribution in [0.25, 0.3) is 22.5 Å². The maximum Gasteiger partial charge on any atom is 0.314 e. The molecule has 0 amide bonds. The zero-order chi connectivity index (χ0) is 26.0. The second-order valence-corrected chi connectivity index (χ2v) is 11.2. The molecule has 37 heavy (non-hydrogen) atoms. The molecule has 0 spiro atoms. The van der Waals surface area contributed by atoms with Crippen molar-refractivity contribution in [2.45, 2.75) is 95.9 Å². The standard InChI is InChI=1S/C32H40N2O3/c1-3-5-7-22-18-20-32(21-19-22,31(36)37)25-14-10-24(11-15-25)30-28(4-2)29(23-12-16-27(35)17-13-23)33-34(30)26-8-6-9-26/h10-17,22,26,35H,3-9,18-21H2,1-2H3,(H,36,37). The van der Waals surface area contributed by atoms with Gasteiger partial charge in [-0.3, -0.25) is 9.48 Å². The van der Waals surface area contributed by atoms with Gasteiger partial charge in [-0.05, 0) is 87.1 Å². The number of aliphatic carboxylic acids is 1. The highest BCUT2D eigenvalue weighted by Crippen LogP contribution is 2.45. The Morgan fingerprint density at radius 2 is 1.62 bits per heavy atom. The van der Waals surface area contributed by atoms with Crippen molar-refractivity contribution in [2.75, 3.05) is 0 Å². The quantitative estimate of drug-likeness (QED) is 0.313. The fourth-order valence-corrected chi connectivity index (χ4v) is 6.38. The van der Waals surface area contributed by atoms with Crippen molar-refractivity contribution in [3.63, 3.8) is 0 Å². The van der Waals surface area contributed by atoms with Crippen LogP contribution < -0.4 is 0 Å². The summed E-state index contributed by atoms with van der Waals surface area (Å²) in [7, 11) is 0. The van der Waals surface area contributed by atoms with Crippen molar-refractivity contribution in [1.29, 1.82) is 0 Å². The molecule has 2 aromatic carbocycles. The number of hydrogen-bond acceptors (Lipinski definition) is 3. The molecule has 196 valence electrons. The molecule has 1 aromatic heterocycles. The fraction of sp³-hybridized carbons (Fsp3) is 0.500. The summed E-state index contributed by atoms with van der Waals surface area (Å²) in [5.41, 5.74) is 5.59. The third-order valence-electron chi connectivity index (χ3n) is 8.97. The van der Waals surface area contributed by atoms with Gasteiger partial charge in [0.25, 0.3) is 0 Å². The lowest BCUT2D eigenvalue weighted by Gasteiger charge is -2.37. The van der Waals surface area contributed by atoms with Crippen molar-refractivity contribution in [1.82, 2.24) is 9.78 Å². The van der Waals surface area contributed by atoms with E-state index in [-0.39, 0.29) is 5.75 Å². The maximum atomic E-state index is 12.6. The van der Waals surface area contributed by atoms with E-state index >= 15 is 0 Å². The Balaban J connectivity index is 1.49. The van der Waals surface area contributed by atoms with Crippen molar-refractivity contribution < 1.29 is 15.0 Å². The number of nitrogens with zero attached hydrogens (tertiary/aromatic N) is 2. The van der Waals surface area contributed by atoms with E-state index in [1.807, 2.05) is 12.1 Å². The van der Waals surface area contributed by atoms with E-state index in [4.69, 9.17) is 5.10 Å². The van der Waals surface area contributed by atoms with Gasteiger partial charge in [0, 0.05) is 16.7 Å². The minimum Gasteiger partial charge on any atom is -0.508 e. The average molecular weight is 501 g/mol. The highest BCUT2D eigenvalue weighted by atomic mass is 16.4. The number of rotatable bonds is 9. The normalized spacial score (nSPS) is 22.1.